The van der Waals surface area contributed by atoms with Crippen molar-refractivity contribution >= 4 is 23.6 Å². The number of carbonyl (C=O) groups excluding carboxylic acids is 3. The van der Waals surface area contributed by atoms with E-state index in [9.17, 15) is 14.4 Å². The van der Waals surface area contributed by atoms with Crippen molar-refractivity contribution < 1.29 is 19.1 Å². The van der Waals surface area contributed by atoms with Gasteiger partial charge in [-0.25, -0.2) is 4.79 Å². The average Bonchev–Trinajstić information content (AvgIpc) is 2.89. The van der Waals surface area contributed by atoms with E-state index in [1.807, 2.05) is 76.2 Å². The summed E-state index contributed by atoms with van der Waals surface area (Å²) in [7, 11) is 0. The number of benzene rings is 2. The Balaban J connectivity index is 2.52. The fourth-order valence-electron chi connectivity index (χ4n) is 5.00. The van der Waals surface area contributed by atoms with Gasteiger partial charge < -0.3 is 20.3 Å². The van der Waals surface area contributed by atoms with E-state index in [-0.39, 0.29) is 17.7 Å². The maximum Gasteiger partial charge on any atom is 0.408 e. The van der Waals surface area contributed by atoms with Crippen LogP contribution in [0.5, 0.6) is 0 Å². The van der Waals surface area contributed by atoms with Gasteiger partial charge in [0.1, 0.15) is 17.7 Å². The predicted molar refractivity (Wildman–Crippen MR) is 171 cm³/mol. The van der Waals surface area contributed by atoms with Crippen LogP contribution in [0.3, 0.4) is 0 Å². The zero-order valence-corrected chi connectivity index (χ0v) is 27.1. The molecule has 2 aromatic rings. The topological polar surface area (TPSA) is 87.7 Å². The number of unbranched alkanes of at least 4 members (excludes halogenated alkanes) is 5. The Hall–Kier alpha value is -3.35. The second-order valence-corrected chi connectivity index (χ2v) is 12.7. The number of anilines is 1. The number of carbonyl (C=O) groups is 3. The molecule has 0 aliphatic rings. The highest BCUT2D eigenvalue weighted by Crippen LogP contribution is 2.27. The van der Waals surface area contributed by atoms with E-state index in [2.05, 4.69) is 17.6 Å². The van der Waals surface area contributed by atoms with Gasteiger partial charge >= 0.3 is 6.09 Å². The van der Waals surface area contributed by atoms with Crippen LogP contribution in [-0.2, 0) is 14.3 Å². The average molecular weight is 580 g/mol. The van der Waals surface area contributed by atoms with Crippen LogP contribution >= 0.6 is 0 Å². The molecule has 0 aromatic heterocycles. The first kappa shape index (κ1) is 34.8. The molecule has 2 rings (SSSR count). The van der Waals surface area contributed by atoms with Gasteiger partial charge in [-0.05, 0) is 70.6 Å². The van der Waals surface area contributed by atoms with Crippen LogP contribution in [-0.4, -0.2) is 41.0 Å². The third-order valence-electron chi connectivity index (χ3n) is 7.05. The fourth-order valence-corrected chi connectivity index (χ4v) is 5.00. The summed E-state index contributed by atoms with van der Waals surface area (Å²) < 4.78 is 5.52. The first-order valence-corrected chi connectivity index (χ1v) is 15.6. The van der Waals surface area contributed by atoms with Crippen LogP contribution in [0.1, 0.15) is 109 Å². The molecule has 0 aliphatic carbocycles. The van der Waals surface area contributed by atoms with Crippen molar-refractivity contribution in [3.63, 3.8) is 0 Å². The van der Waals surface area contributed by atoms with Crippen molar-refractivity contribution in [2.45, 2.75) is 118 Å². The van der Waals surface area contributed by atoms with Gasteiger partial charge in [-0.3, -0.25) is 9.59 Å². The first-order chi connectivity index (χ1) is 19.8. The van der Waals surface area contributed by atoms with Crippen LogP contribution in [0.15, 0.2) is 48.5 Å². The van der Waals surface area contributed by atoms with Gasteiger partial charge in [0.2, 0.25) is 5.91 Å². The molecule has 0 fully saturated rings. The van der Waals surface area contributed by atoms with E-state index < -0.39 is 23.8 Å². The monoisotopic (exact) mass is 579 g/mol. The van der Waals surface area contributed by atoms with Crippen molar-refractivity contribution in [2.75, 3.05) is 11.9 Å². The lowest BCUT2D eigenvalue weighted by Gasteiger charge is -2.35. The molecule has 0 radical (unpaired) electrons. The number of amides is 3. The Labute approximate surface area is 253 Å². The molecule has 0 saturated carbocycles. The Morgan fingerprint density at radius 3 is 2.19 bits per heavy atom. The minimum absolute atomic E-state index is 0.128. The highest BCUT2D eigenvalue weighted by atomic mass is 16.6. The highest BCUT2D eigenvalue weighted by Gasteiger charge is 2.36. The van der Waals surface area contributed by atoms with E-state index in [1.165, 1.54) is 6.42 Å². The van der Waals surface area contributed by atoms with Crippen LogP contribution in [0.4, 0.5) is 10.5 Å². The number of ether oxygens (including phenoxy) is 1. The molecule has 2 aromatic carbocycles. The number of aryl methyl sites for hydroxylation is 2. The van der Waals surface area contributed by atoms with Crippen LogP contribution < -0.4 is 10.6 Å². The largest absolute Gasteiger partial charge is 0.444 e. The molecule has 2 unspecified atom stereocenters. The summed E-state index contributed by atoms with van der Waals surface area (Å²) in [5, 5.41) is 5.92. The molecular formula is C35H53N3O4. The fraction of sp³-hybridized carbons (Fsp3) is 0.571. The van der Waals surface area contributed by atoms with E-state index >= 15 is 0 Å². The molecule has 0 saturated heterocycles. The molecule has 2 atom stereocenters. The number of rotatable bonds is 15. The Bertz CT molecular complexity index is 1150. The number of para-hydroxylation sites is 1. The summed E-state index contributed by atoms with van der Waals surface area (Å²) >= 11 is 0. The Morgan fingerprint density at radius 1 is 0.905 bits per heavy atom. The number of hydrogen-bond acceptors (Lipinski definition) is 4. The first-order valence-electron chi connectivity index (χ1n) is 15.6. The second kappa shape index (κ2) is 16.9. The zero-order chi connectivity index (χ0) is 31.3. The minimum atomic E-state index is -0.872. The molecule has 7 heteroatoms. The van der Waals surface area contributed by atoms with E-state index in [0.717, 1.165) is 48.8 Å². The number of nitrogens with one attached hydrogen (secondary N) is 2. The summed E-state index contributed by atoms with van der Waals surface area (Å²) in [5.74, 6) is -0.438. The predicted octanol–water partition coefficient (Wildman–Crippen LogP) is 8.11. The van der Waals surface area contributed by atoms with Crippen molar-refractivity contribution in [1.29, 1.82) is 0 Å². The third kappa shape index (κ3) is 11.9. The van der Waals surface area contributed by atoms with Crippen LogP contribution in [0.25, 0.3) is 0 Å². The number of nitrogens with zero attached hydrogens (tertiary/aromatic N) is 1. The highest BCUT2D eigenvalue weighted by molar-refractivity contribution is 5.99. The maximum absolute atomic E-state index is 14.4. The van der Waals surface area contributed by atoms with E-state index in [0.29, 0.717) is 18.7 Å². The lowest BCUT2D eigenvalue weighted by Crippen LogP contribution is -2.53. The van der Waals surface area contributed by atoms with Gasteiger partial charge in [0, 0.05) is 12.2 Å². The zero-order valence-electron chi connectivity index (χ0n) is 27.1. The van der Waals surface area contributed by atoms with Crippen molar-refractivity contribution in [3.05, 3.63) is 65.2 Å². The van der Waals surface area contributed by atoms with Gasteiger partial charge in [-0.2, -0.15) is 0 Å². The quantitative estimate of drug-likeness (QED) is 0.209. The maximum atomic E-state index is 14.4. The summed E-state index contributed by atoms with van der Waals surface area (Å²) in [6.45, 7) is 15.9. The summed E-state index contributed by atoms with van der Waals surface area (Å²) in [6, 6.07) is 13.7. The van der Waals surface area contributed by atoms with Crippen LogP contribution in [0.2, 0.25) is 0 Å². The van der Waals surface area contributed by atoms with Crippen molar-refractivity contribution in [1.82, 2.24) is 10.2 Å². The molecular weight excluding hydrogens is 526 g/mol. The van der Waals surface area contributed by atoms with Gasteiger partial charge in [0.25, 0.3) is 5.91 Å². The lowest BCUT2D eigenvalue weighted by atomic mass is 9.97. The standard InChI is InChI=1S/C35H53N3O4/c1-9-10-11-12-13-16-22-38(33(40)30(23-25(2)3)37-34(41)42-35(6,7)8)31(28-20-17-18-26(4)24-28)32(39)36-29-21-15-14-19-27(29)5/h14-15,17-21,24-25,30-31H,9-13,16,22-23H2,1-8H3,(H,36,39)(H,37,41). The smallest absolute Gasteiger partial charge is 0.408 e. The van der Waals surface area contributed by atoms with Gasteiger partial charge in [0.15, 0.2) is 0 Å². The molecule has 0 bridgehead atoms. The van der Waals surface area contributed by atoms with Gasteiger partial charge in [-0.15, -0.1) is 0 Å². The normalized spacial score (nSPS) is 12.9. The SMILES string of the molecule is CCCCCCCCN(C(=O)C(CC(C)C)NC(=O)OC(C)(C)C)C(C(=O)Nc1ccccc1C)c1cccc(C)c1. The number of hydrogen-bond donors (Lipinski definition) is 2. The van der Waals surface area contributed by atoms with E-state index in [1.54, 1.807) is 25.7 Å². The number of alkyl carbamates (subject to hydrolysis) is 1. The molecule has 2 N–H and O–H groups in total. The van der Waals surface area contributed by atoms with Crippen molar-refractivity contribution in [3.8, 4) is 0 Å². The molecule has 3 amide bonds. The van der Waals surface area contributed by atoms with Gasteiger partial charge in [-0.1, -0.05) is 101 Å². The molecule has 0 aliphatic heterocycles. The van der Waals surface area contributed by atoms with E-state index in [4.69, 9.17) is 4.74 Å². The Kier molecular flexibility index (Phi) is 14.1. The van der Waals surface area contributed by atoms with Crippen molar-refractivity contribution in [2.24, 2.45) is 5.92 Å². The van der Waals surface area contributed by atoms with Gasteiger partial charge in [0.05, 0.1) is 0 Å². The third-order valence-corrected chi connectivity index (χ3v) is 7.05. The Morgan fingerprint density at radius 2 is 1.57 bits per heavy atom. The summed E-state index contributed by atoms with van der Waals surface area (Å²) in [5.41, 5.74) is 2.68. The molecule has 232 valence electrons. The van der Waals surface area contributed by atoms with Crippen LogP contribution in [0, 0.1) is 19.8 Å². The lowest BCUT2D eigenvalue weighted by molar-refractivity contribution is -0.141. The summed E-state index contributed by atoms with van der Waals surface area (Å²) in [6.07, 6.45) is 6.06. The molecule has 0 heterocycles. The molecule has 7 nitrogen and oxygen atoms in total. The summed E-state index contributed by atoms with van der Waals surface area (Å²) in [4.78, 5) is 43.1. The molecule has 0 spiro atoms. The minimum Gasteiger partial charge on any atom is -0.444 e. The molecule has 42 heavy (non-hydrogen) atoms. The second-order valence-electron chi connectivity index (χ2n) is 12.7.